The van der Waals surface area contributed by atoms with Gasteiger partial charge in [-0.25, -0.2) is 0 Å². The van der Waals surface area contributed by atoms with Crippen LogP contribution in [0, 0.1) is 22.0 Å². The fourth-order valence-corrected chi connectivity index (χ4v) is 2.52. The molecule has 0 amide bonds. The minimum Gasteiger partial charge on any atom is -0.371 e. The van der Waals surface area contributed by atoms with Gasteiger partial charge in [0.05, 0.1) is 4.92 Å². The Balaban J connectivity index is 2.29. The third-order valence-corrected chi connectivity index (χ3v) is 4.02. The summed E-state index contributed by atoms with van der Waals surface area (Å²) in [5.74, 6) is 1.23. The molecule has 1 aliphatic heterocycles. The van der Waals surface area contributed by atoms with Gasteiger partial charge in [-0.05, 0) is 24.3 Å². The van der Waals surface area contributed by atoms with Gasteiger partial charge in [0.2, 0.25) is 0 Å². The van der Waals surface area contributed by atoms with Crippen LogP contribution in [0.25, 0.3) is 0 Å². The maximum atomic E-state index is 11.1. The molecular formula is C14H18N2O3. The number of piperidine rings is 1. The summed E-state index contributed by atoms with van der Waals surface area (Å²) in [4.78, 5) is 23.5. The van der Waals surface area contributed by atoms with Crippen LogP contribution in [0.15, 0.2) is 18.2 Å². The molecule has 5 nitrogen and oxygen atoms in total. The molecule has 2 rings (SSSR count). The van der Waals surface area contributed by atoms with Crippen molar-refractivity contribution in [2.75, 3.05) is 18.0 Å². The lowest BCUT2D eigenvalue weighted by Crippen LogP contribution is -2.38. The molecule has 0 N–H and O–H groups in total. The van der Waals surface area contributed by atoms with Gasteiger partial charge in [-0.15, -0.1) is 0 Å². The van der Waals surface area contributed by atoms with Crippen molar-refractivity contribution in [1.82, 2.24) is 0 Å². The van der Waals surface area contributed by atoms with E-state index < -0.39 is 4.92 Å². The highest BCUT2D eigenvalue weighted by Crippen LogP contribution is 2.30. The second-order valence-electron chi connectivity index (χ2n) is 5.31. The summed E-state index contributed by atoms with van der Waals surface area (Å²) in [7, 11) is 0. The van der Waals surface area contributed by atoms with Crippen LogP contribution in [0.4, 0.5) is 11.4 Å². The monoisotopic (exact) mass is 262 g/mol. The number of carbonyl (C=O) groups is 1. The van der Waals surface area contributed by atoms with Gasteiger partial charge in [-0.3, -0.25) is 14.9 Å². The van der Waals surface area contributed by atoms with Gasteiger partial charge in [0, 0.05) is 36.5 Å². The molecule has 2 atom stereocenters. The molecule has 1 heterocycles. The van der Waals surface area contributed by atoms with E-state index in [0.29, 0.717) is 23.7 Å². The number of benzene rings is 1. The van der Waals surface area contributed by atoms with Crippen molar-refractivity contribution >= 4 is 17.7 Å². The summed E-state index contributed by atoms with van der Waals surface area (Å²) in [5, 5.41) is 10.7. The fourth-order valence-electron chi connectivity index (χ4n) is 2.52. The van der Waals surface area contributed by atoms with Crippen molar-refractivity contribution in [1.29, 1.82) is 0 Å². The minimum atomic E-state index is -0.475. The van der Waals surface area contributed by atoms with E-state index in [0.717, 1.165) is 25.2 Å². The van der Waals surface area contributed by atoms with Crippen LogP contribution in [0.1, 0.15) is 30.6 Å². The number of nitro groups is 1. The van der Waals surface area contributed by atoms with Crippen molar-refractivity contribution in [2.45, 2.75) is 20.3 Å². The minimum absolute atomic E-state index is 0.0377. The Morgan fingerprint density at radius 1 is 1.37 bits per heavy atom. The summed E-state index contributed by atoms with van der Waals surface area (Å²) < 4.78 is 0. The van der Waals surface area contributed by atoms with Crippen LogP contribution in [-0.4, -0.2) is 24.3 Å². The molecule has 1 aromatic rings. The van der Waals surface area contributed by atoms with Gasteiger partial charge in [0.25, 0.3) is 5.69 Å². The summed E-state index contributed by atoms with van der Waals surface area (Å²) in [6.07, 6.45) is 1.78. The Morgan fingerprint density at radius 2 is 2.11 bits per heavy atom. The smallest absolute Gasteiger partial charge is 0.270 e. The quantitative estimate of drug-likeness (QED) is 0.477. The van der Waals surface area contributed by atoms with Crippen LogP contribution < -0.4 is 4.90 Å². The lowest BCUT2D eigenvalue weighted by Gasteiger charge is -2.37. The van der Waals surface area contributed by atoms with Crippen LogP contribution in [0.5, 0.6) is 0 Å². The lowest BCUT2D eigenvalue weighted by molar-refractivity contribution is -0.384. The fraction of sp³-hybridized carbons (Fsp3) is 0.500. The number of nitrogens with zero attached hydrogens (tertiary/aromatic N) is 2. The van der Waals surface area contributed by atoms with Crippen molar-refractivity contribution in [3.8, 4) is 0 Å². The van der Waals surface area contributed by atoms with Gasteiger partial charge in [0.1, 0.15) is 0 Å². The molecule has 1 aromatic carbocycles. The Labute approximate surface area is 112 Å². The molecule has 2 unspecified atom stereocenters. The zero-order valence-corrected chi connectivity index (χ0v) is 11.2. The standard InChI is InChI=1S/C14H18N2O3/c1-10-5-6-15(8-11(10)2)14-4-3-13(16(18)19)7-12(14)9-17/h3-4,7,9-11H,5-6,8H2,1-2H3. The predicted molar refractivity (Wildman–Crippen MR) is 73.6 cm³/mol. The van der Waals surface area contributed by atoms with Gasteiger partial charge < -0.3 is 4.90 Å². The number of non-ortho nitro benzene ring substituents is 1. The topological polar surface area (TPSA) is 63.4 Å². The molecule has 19 heavy (non-hydrogen) atoms. The third-order valence-electron chi connectivity index (χ3n) is 4.02. The lowest BCUT2D eigenvalue weighted by atomic mass is 9.88. The summed E-state index contributed by atoms with van der Waals surface area (Å²) >= 11 is 0. The van der Waals surface area contributed by atoms with Crippen LogP contribution >= 0.6 is 0 Å². The van der Waals surface area contributed by atoms with Crippen molar-refractivity contribution in [3.63, 3.8) is 0 Å². The third kappa shape index (κ3) is 2.75. The van der Waals surface area contributed by atoms with E-state index in [2.05, 4.69) is 18.7 Å². The van der Waals surface area contributed by atoms with E-state index in [4.69, 9.17) is 0 Å². The summed E-state index contributed by atoms with van der Waals surface area (Å²) in [6.45, 7) is 6.21. The number of carbonyl (C=O) groups excluding carboxylic acids is 1. The summed E-state index contributed by atoms with van der Waals surface area (Å²) in [5.41, 5.74) is 1.17. The maximum absolute atomic E-state index is 11.1. The van der Waals surface area contributed by atoms with Gasteiger partial charge >= 0.3 is 0 Å². The van der Waals surface area contributed by atoms with E-state index in [1.165, 1.54) is 12.1 Å². The van der Waals surface area contributed by atoms with Crippen LogP contribution in [0.3, 0.4) is 0 Å². The first-order valence-electron chi connectivity index (χ1n) is 6.51. The highest BCUT2D eigenvalue weighted by atomic mass is 16.6. The summed E-state index contributed by atoms with van der Waals surface area (Å²) in [6, 6.07) is 4.50. The van der Waals surface area contributed by atoms with E-state index in [9.17, 15) is 14.9 Å². The Morgan fingerprint density at radius 3 is 2.68 bits per heavy atom. The molecule has 0 aliphatic carbocycles. The van der Waals surface area contributed by atoms with Crippen LogP contribution in [0.2, 0.25) is 0 Å². The first kappa shape index (κ1) is 13.5. The van der Waals surface area contributed by atoms with Gasteiger partial charge in [0.15, 0.2) is 6.29 Å². The highest BCUT2D eigenvalue weighted by molar-refractivity contribution is 5.86. The molecule has 1 saturated heterocycles. The van der Waals surface area contributed by atoms with Crippen molar-refractivity contribution < 1.29 is 9.72 Å². The van der Waals surface area contributed by atoms with Crippen molar-refractivity contribution in [3.05, 3.63) is 33.9 Å². The molecule has 0 bridgehead atoms. The predicted octanol–water partition coefficient (Wildman–Crippen LogP) is 2.89. The molecule has 0 saturated carbocycles. The van der Waals surface area contributed by atoms with Gasteiger partial charge in [-0.2, -0.15) is 0 Å². The average molecular weight is 262 g/mol. The molecule has 0 spiro atoms. The molecule has 1 fully saturated rings. The zero-order chi connectivity index (χ0) is 14.0. The first-order chi connectivity index (χ1) is 9.02. The molecule has 0 radical (unpaired) electrons. The largest absolute Gasteiger partial charge is 0.371 e. The Hall–Kier alpha value is -1.91. The average Bonchev–Trinajstić information content (AvgIpc) is 2.41. The number of rotatable bonds is 3. The molecule has 0 aromatic heterocycles. The first-order valence-corrected chi connectivity index (χ1v) is 6.51. The van der Waals surface area contributed by atoms with E-state index in [-0.39, 0.29) is 5.69 Å². The van der Waals surface area contributed by atoms with E-state index >= 15 is 0 Å². The zero-order valence-electron chi connectivity index (χ0n) is 11.2. The SMILES string of the molecule is CC1CCN(c2ccc([N+](=O)[O-])cc2C=O)CC1C. The number of hydrogen-bond donors (Lipinski definition) is 0. The molecule has 102 valence electrons. The Kier molecular flexibility index (Phi) is 3.83. The van der Waals surface area contributed by atoms with E-state index in [1.54, 1.807) is 6.07 Å². The second kappa shape index (κ2) is 5.38. The number of aldehydes is 1. The van der Waals surface area contributed by atoms with Gasteiger partial charge in [-0.1, -0.05) is 13.8 Å². The number of anilines is 1. The Bertz CT molecular complexity index is 501. The highest BCUT2D eigenvalue weighted by Gasteiger charge is 2.24. The number of nitro benzene ring substituents is 1. The second-order valence-corrected chi connectivity index (χ2v) is 5.31. The molecule has 1 aliphatic rings. The number of hydrogen-bond acceptors (Lipinski definition) is 4. The normalized spacial score (nSPS) is 23.2. The molecule has 5 heteroatoms. The maximum Gasteiger partial charge on any atom is 0.270 e. The van der Waals surface area contributed by atoms with E-state index in [1.807, 2.05) is 0 Å². The molecular weight excluding hydrogens is 244 g/mol. The van der Waals surface area contributed by atoms with Crippen molar-refractivity contribution in [2.24, 2.45) is 11.8 Å². The van der Waals surface area contributed by atoms with Crippen LogP contribution in [-0.2, 0) is 0 Å².